The smallest absolute Gasteiger partial charge is 0.244 e. The van der Waals surface area contributed by atoms with E-state index in [1.54, 1.807) is 18.5 Å². The first kappa shape index (κ1) is 13.3. The van der Waals surface area contributed by atoms with Crippen LogP contribution in [0.25, 0.3) is 0 Å². The zero-order valence-electron chi connectivity index (χ0n) is 12.0. The van der Waals surface area contributed by atoms with Crippen LogP contribution in [0, 0.1) is 13.8 Å². The number of hydrogen-bond acceptors (Lipinski definition) is 3. The lowest BCUT2D eigenvalue weighted by Gasteiger charge is -2.07. The van der Waals surface area contributed by atoms with Gasteiger partial charge in [0.05, 0.1) is 11.4 Å². The molecular weight excluding hydrogens is 264 g/mol. The van der Waals surface area contributed by atoms with E-state index in [0.29, 0.717) is 6.42 Å². The third-order valence-corrected chi connectivity index (χ3v) is 3.58. The highest BCUT2D eigenvalue weighted by Crippen LogP contribution is 2.17. The Bertz CT molecular complexity index is 757. The Kier molecular flexibility index (Phi) is 3.39. The standard InChI is InChI=1S/C16H16N4O/c1-12-13(2)18-20(16(21)19-10-6-9-17-19)15(12)11-14-7-4-3-5-8-14/h3-10H,11H2,1-2H3. The molecule has 0 aliphatic heterocycles. The van der Waals surface area contributed by atoms with Gasteiger partial charge in [-0.15, -0.1) is 0 Å². The molecule has 0 radical (unpaired) electrons. The SMILES string of the molecule is Cc1nn(C(=O)n2cccn2)c(Cc2ccccc2)c1C. The van der Waals surface area contributed by atoms with E-state index in [-0.39, 0.29) is 6.03 Å². The predicted octanol–water partition coefficient (Wildman–Crippen LogP) is 2.80. The van der Waals surface area contributed by atoms with E-state index in [9.17, 15) is 4.79 Å². The monoisotopic (exact) mass is 280 g/mol. The van der Waals surface area contributed by atoms with E-state index in [2.05, 4.69) is 10.2 Å². The van der Waals surface area contributed by atoms with Crippen LogP contribution in [0.3, 0.4) is 0 Å². The Hall–Kier alpha value is -2.69. The molecule has 0 saturated carbocycles. The van der Waals surface area contributed by atoms with Gasteiger partial charge in [-0.3, -0.25) is 0 Å². The van der Waals surface area contributed by atoms with Gasteiger partial charge in [-0.1, -0.05) is 30.3 Å². The number of rotatable bonds is 2. The Morgan fingerprint density at radius 2 is 1.90 bits per heavy atom. The van der Waals surface area contributed by atoms with Crippen LogP contribution < -0.4 is 0 Å². The van der Waals surface area contributed by atoms with Crippen LogP contribution in [0.5, 0.6) is 0 Å². The van der Waals surface area contributed by atoms with Crippen LogP contribution in [-0.2, 0) is 6.42 Å². The summed E-state index contributed by atoms with van der Waals surface area (Å²) < 4.78 is 2.74. The molecule has 3 aromatic rings. The lowest BCUT2D eigenvalue weighted by atomic mass is 10.1. The second-order valence-electron chi connectivity index (χ2n) is 4.96. The Morgan fingerprint density at radius 3 is 2.57 bits per heavy atom. The maximum atomic E-state index is 12.5. The lowest BCUT2D eigenvalue weighted by molar-refractivity contribution is 0.237. The molecule has 0 amide bonds. The fraction of sp³-hybridized carbons (Fsp3) is 0.188. The molecule has 2 heterocycles. The molecule has 0 unspecified atom stereocenters. The summed E-state index contributed by atoms with van der Waals surface area (Å²) in [4.78, 5) is 12.5. The fourth-order valence-corrected chi connectivity index (χ4v) is 2.29. The molecule has 0 N–H and O–H groups in total. The highest BCUT2D eigenvalue weighted by molar-refractivity contribution is 5.78. The summed E-state index contributed by atoms with van der Waals surface area (Å²) >= 11 is 0. The average Bonchev–Trinajstić information content (AvgIpc) is 3.12. The van der Waals surface area contributed by atoms with Crippen molar-refractivity contribution in [3.63, 3.8) is 0 Å². The maximum Gasteiger partial charge on any atom is 0.369 e. The van der Waals surface area contributed by atoms with E-state index in [4.69, 9.17) is 0 Å². The molecule has 1 aromatic carbocycles. The molecule has 0 bridgehead atoms. The van der Waals surface area contributed by atoms with Crippen molar-refractivity contribution in [1.29, 1.82) is 0 Å². The Balaban J connectivity index is 2.02. The van der Waals surface area contributed by atoms with Crippen LogP contribution in [0.15, 0.2) is 48.8 Å². The Morgan fingerprint density at radius 1 is 1.14 bits per heavy atom. The van der Waals surface area contributed by atoms with Crippen LogP contribution >= 0.6 is 0 Å². The highest BCUT2D eigenvalue weighted by Gasteiger charge is 2.18. The summed E-state index contributed by atoms with van der Waals surface area (Å²) in [5.41, 5.74) is 3.95. The zero-order chi connectivity index (χ0) is 14.8. The largest absolute Gasteiger partial charge is 0.369 e. The van der Waals surface area contributed by atoms with E-state index in [1.165, 1.54) is 9.36 Å². The van der Waals surface area contributed by atoms with Gasteiger partial charge in [-0.05, 0) is 31.0 Å². The molecule has 0 aliphatic rings. The van der Waals surface area contributed by atoms with Crippen molar-refractivity contribution in [3.8, 4) is 0 Å². The van der Waals surface area contributed by atoms with E-state index < -0.39 is 0 Å². The Labute approximate surface area is 122 Å². The molecule has 0 spiro atoms. The summed E-state index contributed by atoms with van der Waals surface area (Å²) in [6.07, 6.45) is 3.87. The summed E-state index contributed by atoms with van der Waals surface area (Å²) in [6.45, 7) is 3.91. The minimum Gasteiger partial charge on any atom is -0.244 e. The predicted molar refractivity (Wildman–Crippen MR) is 79.4 cm³/mol. The molecule has 5 nitrogen and oxygen atoms in total. The second kappa shape index (κ2) is 5.36. The molecule has 3 rings (SSSR count). The number of carbonyl (C=O) groups excluding carboxylic acids is 1. The summed E-state index contributed by atoms with van der Waals surface area (Å²) in [5.74, 6) is 0. The quantitative estimate of drug-likeness (QED) is 0.725. The van der Waals surface area contributed by atoms with Crippen molar-refractivity contribution < 1.29 is 4.79 Å². The lowest BCUT2D eigenvalue weighted by Crippen LogP contribution is -2.23. The number of nitrogens with zero attached hydrogens (tertiary/aromatic N) is 4. The topological polar surface area (TPSA) is 52.7 Å². The summed E-state index contributed by atoms with van der Waals surface area (Å²) in [6, 6.07) is 11.5. The molecule has 5 heteroatoms. The van der Waals surface area contributed by atoms with Gasteiger partial charge >= 0.3 is 6.03 Å². The molecule has 0 saturated heterocycles. The molecule has 106 valence electrons. The van der Waals surface area contributed by atoms with Gasteiger partial charge in [0, 0.05) is 18.8 Å². The van der Waals surface area contributed by atoms with Crippen molar-refractivity contribution in [2.75, 3.05) is 0 Å². The third kappa shape index (κ3) is 2.50. The van der Waals surface area contributed by atoms with Crippen molar-refractivity contribution in [2.45, 2.75) is 20.3 Å². The summed E-state index contributed by atoms with van der Waals surface area (Å²) in [7, 11) is 0. The molecule has 0 aliphatic carbocycles. The van der Waals surface area contributed by atoms with Crippen LogP contribution in [-0.4, -0.2) is 25.6 Å². The van der Waals surface area contributed by atoms with Crippen LogP contribution in [0.1, 0.15) is 22.5 Å². The van der Waals surface area contributed by atoms with Gasteiger partial charge < -0.3 is 0 Å². The summed E-state index contributed by atoms with van der Waals surface area (Å²) in [5, 5.41) is 8.35. The second-order valence-corrected chi connectivity index (χ2v) is 4.96. The van der Waals surface area contributed by atoms with Crippen molar-refractivity contribution in [1.82, 2.24) is 19.6 Å². The number of carbonyl (C=O) groups is 1. The number of aryl methyl sites for hydroxylation is 1. The molecular formula is C16H16N4O. The molecule has 0 atom stereocenters. The first-order chi connectivity index (χ1) is 10.2. The van der Waals surface area contributed by atoms with Gasteiger partial charge in [-0.25, -0.2) is 4.79 Å². The van der Waals surface area contributed by atoms with Crippen LogP contribution in [0.2, 0.25) is 0 Å². The third-order valence-electron chi connectivity index (χ3n) is 3.58. The van der Waals surface area contributed by atoms with E-state index in [0.717, 1.165) is 22.5 Å². The van der Waals surface area contributed by atoms with E-state index in [1.807, 2.05) is 44.2 Å². The van der Waals surface area contributed by atoms with Crippen molar-refractivity contribution >= 4 is 6.03 Å². The van der Waals surface area contributed by atoms with Crippen molar-refractivity contribution in [3.05, 3.63) is 71.3 Å². The van der Waals surface area contributed by atoms with Gasteiger partial charge in [-0.2, -0.15) is 19.6 Å². The average molecular weight is 280 g/mol. The zero-order valence-corrected chi connectivity index (χ0v) is 12.0. The molecule has 0 fully saturated rings. The molecule has 2 aromatic heterocycles. The van der Waals surface area contributed by atoms with Gasteiger partial charge in [0.15, 0.2) is 0 Å². The highest BCUT2D eigenvalue weighted by atomic mass is 16.2. The maximum absolute atomic E-state index is 12.5. The molecule has 21 heavy (non-hydrogen) atoms. The number of aromatic nitrogens is 4. The fourth-order valence-electron chi connectivity index (χ4n) is 2.29. The minimum atomic E-state index is -0.262. The first-order valence-electron chi connectivity index (χ1n) is 6.80. The van der Waals surface area contributed by atoms with E-state index >= 15 is 0 Å². The normalized spacial score (nSPS) is 10.8. The first-order valence-corrected chi connectivity index (χ1v) is 6.80. The number of benzene rings is 1. The number of hydrogen-bond donors (Lipinski definition) is 0. The van der Waals surface area contributed by atoms with Crippen LogP contribution in [0.4, 0.5) is 4.79 Å². The van der Waals surface area contributed by atoms with Gasteiger partial charge in [0.2, 0.25) is 0 Å². The van der Waals surface area contributed by atoms with Gasteiger partial charge in [0.1, 0.15) is 0 Å². The van der Waals surface area contributed by atoms with Gasteiger partial charge in [0.25, 0.3) is 0 Å². The minimum absolute atomic E-state index is 0.262. The van der Waals surface area contributed by atoms with Crippen molar-refractivity contribution in [2.24, 2.45) is 0 Å².